The Bertz CT molecular complexity index is 1190. The van der Waals surface area contributed by atoms with Gasteiger partial charge in [0.25, 0.3) is 11.5 Å². The van der Waals surface area contributed by atoms with Gasteiger partial charge >= 0.3 is 0 Å². The van der Waals surface area contributed by atoms with Crippen LogP contribution in [0.1, 0.15) is 29.8 Å². The largest absolute Gasteiger partial charge is 0.376 e. The van der Waals surface area contributed by atoms with Gasteiger partial charge in [-0.25, -0.2) is 13.1 Å². The number of primary amides is 1. The minimum atomic E-state index is -3.22. The quantitative estimate of drug-likeness (QED) is 0.639. The molecule has 166 valence electrons. The first-order chi connectivity index (χ1) is 14.7. The fraction of sp³-hybridized carbons (Fsp3) is 0.500. The number of fused-ring (bicyclic) bond motifs is 1. The smallest absolute Gasteiger partial charge is 0.275 e. The molecule has 1 aromatic carbocycles. The Hall–Kier alpha value is -2.79. The van der Waals surface area contributed by atoms with Crippen LogP contribution in [0.2, 0.25) is 0 Å². The van der Waals surface area contributed by atoms with Crippen molar-refractivity contribution in [3.63, 3.8) is 0 Å². The number of nitrogens with zero attached hydrogens (tertiary/aromatic N) is 3. The molecule has 2 aliphatic heterocycles. The molecule has 2 aliphatic rings. The van der Waals surface area contributed by atoms with Crippen LogP contribution in [-0.4, -0.2) is 71.7 Å². The van der Waals surface area contributed by atoms with Crippen molar-refractivity contribution in [2.45, 2.75) is 38.0 Å². The lowest BCUT2D eigenvalue weighted by atomic mass is 10.1. The zero-order valence-electron chi connectivity index (χ0n) is 16.9. The number of sulfone groups is 1. The van der Waals surface area contributed by atoms with Crippen LogP contribution in [0.5, 0.6) is 0 Å². The third-order valence-corrected chi connectivity index (χ3v) is 7.53. The third-order valence-electron chi connectivity index (χ3n) is 5.78. The van der Waals surface area contributed by atoms with E-state index in [0.29, 0.717) is 18.4 Å². The van der Waals surface area contributed by atoms with Gasteiger partial charge in [0, 0.05) is 24.6 Å². The van der Waals surface area contributed by atoms with Crippen molar-refractivity contribution in [1.82, 2.24) is 14.7 Å². The second kappa shape index (κ2) is 8.39. The van der Waals surface area contributed by atoms with Crippen molar-refractivity contribution < 1.29 is 22.7 Å². The average Bonchev–Trinajstić information content (AvgIpc) is 3.37. The number of carbonyl (C=O) groups excluding carboxylic acids is 2. The van der Waals surface area contributed by atoms with Crippen LogP contribution in [0.4, 0.5) is 0 Å². The number of hydrogen-bond acceptors (Lipinski definition) is 7. The van der Waals surface area contributed by atoms with Crippen LogP contribution in [0.25, 0.3) is 10.8 Å². The van der Waals surface area contributed by atoms with E-state index in [9.17, 15) is 22.8 Å². The minimum absolute atomic E-state index is 0.0208. The van der Waals surface area contributed by atoms with Crippen molar-refractivity contribution in [2.24, 2.45) is 5.73 Å². The monoisotopic (exact) mass is 448 g/mol. The molecule has 2 atom stereocenters. The highest BCUT2D eigenvalue weighted by Gasteiger charge is 2.36. The molecular formula is C20H24N4O6S. The van der Waals surface area contributed by atoms with Crippen molar-refractivity contribution >= 4 is 32.4 Å². The summed E-state index contributed by atoms with van der Waals surface area (Å²) >= 11 is 0. The Morgan fingerprint density at radius 1 is 1.23 bits per heavy atom. The fourth-order valence-corrected chi connectivity index (χ4v) is 5.96. The number of benzene rings is 1. The molecule has 0 radical (unpaired) electrons. The van der Waals surface area contributed by atoms with Crippen LogP contribution in [-0.2, 0) is 25.9 Å². The lowest BCUT2D eigenvalue weighted by molar-refractivity contribution is -0.135. The first-order valence-electron chi connectivity index (χ1n) is 10.2. The molecular weight excluding hydrogens is 424 g/mol. The van der Waals surface area contributed by atoms with Gasteiger partial charge in [0.15, 0.2) is 15.5 Å². The van der Waals surface area contributed by atoms with Crippen molar-refractivity contribution in [1.29, 1.82) is 0 Å². The molecule has 0 bridgehead atoms. The van der Waals surface area contributed by atoms with E-state index in [2.05, 4.69) is 5.10 Å². The normalized spacial score (nSPS) is 22.6. The van der Waals surface area contributed by atoms with E-state index < -0.39 is 39.8 Å². The van der Waals surface area contributed by atoms with Crippen LogP contribution in [0, 0.1) is 0 Å². The summed E-state index contributed by atoms with van der Waals surface area (Å²) in [6, 6.07) is 5.94. The third kappa shape index (κ3) is 4.47. The van der Waals surface area contributed by atoms with Gasteiger partial charge in [-0.3, -0.25) is 14.4 Å². The van der Waals surface area contributed by atoms with Gasteiger partial charge in [-0.1, -0.05) is 18.2 Å². The molecule has 2 N–H and O–H groups in total. The minimum Gasteiger partial charge on any atom is -0.376 e. The summed E-state index contributed by atoms with van der Waals surface area (Å²) in [5.41, 5.74) is 4.81. The summed E-state index contributed by atoms with van der Waals surface area (Å²) in [5, 5.41) is 4.59. The van der Waals surface area contributed by atoms with Gasteiger partial charge in [0.2, 0.25) is 5.91 Å². The van der Waals surface area contributed by atoms with Crippen molar-refractivity contribution in [3.05, 3.63) is 40.3 Å². The summed E-state index contributed by atoms with van der Waals surface area (Å²) in [7, 11) is -3.22. The molecule has 0 saturated carbocycles. The van der Waals surface area contributed by atoms with E-state index in [1.165, 1.54) is 4.90 Å². The molecule has 0 aliphatic carbocycles. The van der Waals surface area contributed by atoms with Crippen molar-refractivity contribution in [3.8, 4) is 0 Å². The maximum absolute atomic E-state index is 13.2. The molecule has 2 amide bonds. The Morgan fingerprint density at radius 3 is 2.58 bits per heavy atom. The molecule has 1 aromatic heterocycles. The van der Waals surface area contributed by atoms with Crippen LogP contribution >= 0.6 is 0 Å². The first kappa shape index (κ1) is 21.4. The maximum Gasteiger partial charge on any atom is 0.275 e. The Balaban J connectivity index is 1.66. The predicted molar refractivity (Wildman–Crippen MR) is 112 cm³/mol. The van der Waals surface area contributed by atoms with E-state index in [-0.39, 0.29) is 35.2 Å². The molecule has 3 heterocycles. The average molecular weight is 449 g/mol. The van der Waals surface area contributed by atoms with Gasteiger partial charge in [-0.15, -0.1) is 0 Å². The number of rotatable bonds is 6. The number of aromatic nitrogens is 2. The maximum atomic E-state index is 13.2. The van der Waals surface area contributed by atoms with Gasteiger partial charge in [-0.2, -0.15) is 5.10 Å². The summed E-state index contributed by atoms with van der Waals surface area (Å²) in [6.07, 6.45) is 1.83. The zero-order valence-corrected chi connectivity index (χ0v) is 17.7. The number of ether oxygens (including phenoxy) is 1. The summed E-state index contributed by atoms with van der Waals surface area (Å²) < 4.78 is 30.6. The Labute approximate surface area is 178 Å². The zero-order chi connectivity index (χ0) is 22.2. The highest BCUT2D eigenvalue weighted by Crippen LogP contribution is 2.22. The molecule has 31 heavy (non-hydrogen) atoms. The highest BCUT2D eigenvalue weighted by atomic mass is 32.2. The van der Waals surface area contributed by atoms with E-state index in [4.69, 9.17) is 10.5 Å². The predicted octanol–water partition coefficient (Wildman–Crippen LogP) is -0.310. The topological polar surface area (TPSA) is 142 Å². The second-order valence-corrected chi connectivity index (χ2v) is 10.2. The number of nitrogens with two attached hydrogens (primary N) is 1. The lowest BCUT2D eigenvalue weighted by Gasteiger charge is -2.30. The highest BCUT2D eigenvalue weighted by molar-refractivity contribution is 7.91. The summed E-state index contributed by atoms with van der Waals surface area (Å²) in [4.78, 5) is 39.5. The molecule has 4 rings (SSSR count). The van der Waals surface area contributed by atoms with Gasteiger partial charge in [-0.05, 0) is 25.3 Å². The van der Waals surface area contributed by atoms with Gasteiger partial charge in [0.1, 0.15) is 6.54 Å². The molecule has 10 nitrogen and oxygen atoms in total. The Kier molecular flexibility index (Phi) is 5.80. The van der Waals surface area contributed by atoms with Gasteiger partial charge < -0.3 is 15.4 Å². The van der Waals surface area contributed by atoms with Crippen molar-refractivity contribution in [2.75, 3.05) is 24.7 Å². The lowest BCUT2D eigenvalue weighted by Crippen LogP contribution is -2.47. The van der Waals surface area contributed by atoms with E-state index in [1.807, 2.05) is 0 Å². The molecule has 2 aromatic rings. The number of hydrogen-bond donors (Lipinski definition) is 1. The molecule has 0 spiro atoms. The van der Waals surface area contributed by atoms with Crippen LogP contribution < -0.4 is 11.3 Å². The van der Waals surface area contributed by atoms with Crippen LogP contribution in [0.15, 0.2) is 29.1 Å². The van der Waals surface area contributed by atoms with E-state index in [0.717, 1.165) is 17.5 Å². The molecule has 11 heteroatoms. The van der Waals surface area contributed by atoms with E-state index >= 15 is 0 Å². The molecule has 2 fully saturated rings. The fourth-order valence-electron chi connectivity index (χ4n) is 4.23. The van der Waals surface area contributed by atoms with Crippen LogP contribution in [0.3, 0.4) is 0 Å². The second-order valence-electron chi connectivity index (χ2n) is 7.96. The standard InChI is InChI=1S/C20H24N4O6S/c21-19(26)18-15-5-1-2-6-16(15)20(27)24(22-18)11-17(25)23(10-14-4-3-8-30-14)13-7-9-31(28,29)12-13/h1-2,5-6,13-14H,3-4,7-12H2,(H2,21,26)/t13-,14-/m1/s1. The van der Waals surface area contributed by atoms with Gasteiger partial charge in [0.05, 0.1) is 23.0 Å². The Morgan fingerprint density at radius 2 is 1.97 bits per heavy atom. The molecule has 0 unspecified atom stereocenters. The summed E-state index contributed by atoms with van der Waals surface area (Å²) in [5.74, 6) is -1.35. The number of amides is 2. The number of carbonyl (C=O) groups is 2. The SMILES string of the molecule is NC(=O)c1nn(CC(=O)N(C[C@H]2CCCO2)[C@@H]2CCS(=O)(=O)C2)c(=O)c2ccccc12. The summed E-state index contributed by atoms with van der Waals surface area (Å²) in [6.45, 7) is 0.431. The van der Waals surface area contributed by atoms with E-state index in [1.54, 1.807) is 24.3 Å². The first-order valence-corrected chi connectivity index (χ1v) is 12.0. The molecule has 2 saturated heterocycles.